The van der Waals surface area contributed by atoms with Crippen LogP contribution in [0, 0.1) is 5.92 Å². The van der Waals surface area contributed by atoms with Gasteiger partial charge in [-0.15, -0.1) is 0 Å². The van der Waals surface area contributed by atoms with Crippen LogP contribution < -0.4 is 10.6 Å². The molecule has 0 bridgehead atoms. The minimum absolute atomic E-state index is 0.260. The molecule has 4 nitrogen and oxygen atoms in total. The number of hydrogen-bond acceptors (Lipinski definition) is 4. The maximum Gasteiger partial charge on any atom is 0.128 e. The van der Waals surface area contributed by atoms with Gasteiger partial charge >= 0.3 is 0 Å². The second kappa shape index (κ2) is 7.90. The van der Waals surface area contributed by atoms with Gasteiger partial charge in [0.05, 0.1) is 0 Å². The number of nitrogens with one attached hydrogen (secondary N) is 2. The fraction of sp³-hybridized carbons (Fsp3) is 0.615. The molecule has 0 aromatic carbocycles. The number of rotatable bonds is 8. The summed E-state index contributed by atoms with van der Waals surface area (Å²) in [4.78, 5) is 4.40. The lowest BCUT2D eigenvalue weighted by atomic mass is 10.0. The van der Waals surface area contributed by atoms with Crippen LogP contribution in [0.3, 0.4) is 0 Å². The van der Waals surface area contributed by atoms with Gasteiger partial charge in [0.15, 0.2) is 0 Å². The second-order valence-corrected chi connectivity index (χ2v) is 4.21. The Bertz CT molecular complexity index is 311. The van der Waals surface area contributed by atoms with Crippen LogP contribution in [-0.4, -0.2) is 30.3 Å². The molecule has 4 heteroatoms. The van der Waals surface area contributed by atoms with E-state index in [4.69, 9.17) is 5.11 Å². The van der Waals surface area contributed by atoms with E-state index >= 15 is 0 Å². The maximum atomic E-state index is 8.99. The molecule has 0 amide bonds. The van der Waals surface area contributed by atoms with Crippen molar-refractivity contribution in [2.45, 2.75) is 26.2 Å². The predicted octanol–water partition coefficient (Wildman–Crippen LogP) is 2.33. The molecule has 96 valence electrons. The first-order valence-corrected chi connectivity index (χ1v) is 6.29. The van der Waals surface area contributed by atoms with E-state index in [0.29, 0.717) is 5.92 Å². The van der Waals surface area contributed by atoms with Gasteiger partial charge in [0.1, 0.15) is 11.6 Å². The molecule has 0 fully saturated rings. The quantitative estimate of drug-likeness (QED) is 0.649. The number of aliphatic hydroxyl groups is 1. The maximum absolute atomic E-state index is 8.99. The zero-order valence-electron chi connectivity index (χ0n) is 10.7. The third-order valence-corrected chi connectivity index (χ3v) is 2.81. The SMILES string of the molecule is CCCC(CCO)CNc1cccc(NC)n1. The summed E-state index contributed by atoms with van der Waals surface area (Å²) in [6.07, 6.45) is 3.14. The fourth-order valence-electron chi connectivity index (χ4n) is 1.86. The number of hydrogen-bond donors (Lipinski definition) is 3. The Hall–Kier alpha value is -1.29. The molecule has 0 aliphatic carbocycles. The number of aromatic nitrogens is 1. The van der Waals surface area contributed by atoms with Gasteiger partial charge in [-0.25, -0.2) is 4.98 Å². The molecule has 3 N–H and O–H groups in total. The normalized spacial score (nSPS) is 12.2. The van der Waals surface area contributed by atoms with Gasteiger partial charge in [0.2, 0.25) is 0 Å². The van der Waals surface area contributed by atoms with Crippen LogP contribution in [0.2, 0.25) is 0 Å². The van der Waals surface area contributed by atoms with Gasteiger partial charge in [-0.2, -0.15) is 0 Å². The first-order chi connectivity index (χ1) is 8.30. The minimum Gasteiger partial charge on any atom is -0.396 e. The molecule has 0 saturated heterocycles. The number of anilines is 2. The summed E-state index contributed by atoms with van der Waals surface area (Å²) in [6, 6.07) is 5.87. The van der Waals surface area contributed by atoms with E-state index < -0.39 is 0 Å². The molecule has 17 heavy (non-hydrogen) atoms. The van der Waals surface area contributed by atoms with Crippen molar-refractivity contribution in [2.75, 3.05) is 30.8 Å². The van der Waals surface area contributed by atoms with Crippen molar-refractivity contribution >= 4 is 11.6 Å². The van der Waals surface area contributed by atoms with Gasteiger partial charge in [-0.3, -0.25) is 0 Å². The first kappa shape index (κ1) is 13.8. The monoisotopic (exact) mass is 237 g/mol. The van der Waals surface area contributed by atoms with Gasteiger partial charge in [0.25, 0.3) is 0 Å². The van der Waals surface area contributed by atoms with Crippen molar-refractivity contribution in [1.29, 1.82) is 0 Å². The van der Waals surface area contributed by atoms with Gasteiger partial charge in [0, 0.05) is 20.2 Å². The highest BCUT2D eigenvalue weighted by Crippen LogP contribution is 2.13. The number of aliphatic hydroxyl groups excluding tert-OH is 1. The third kappa shape index (κ3) is 5.04. The zero-order chi connectivity index (χ0) is 12.5. The van der Waals surface area contributed by atoms with Crippen molar-refractivity contribution in [3.8, 4) is 0 Å². The molecule has 0 radical (unpaired) electrons. The summed E-state index contributed by atoms with van der Waals surface area (Å²) in [5, 5.41) is 15.3. The van der Waals surface area contributed by atoms with Crippen molar-refractivity contribution in [1.82, 2.24) is 4.98 Å². The molecule has 0 spiro atoms. The molecule has 1 rings (SSSR count). The van der Waals surface area contributed by atoms with E-state index in [9.17, 15) is 0 Å². The van der Waals surface area contributed by atoms with Gasteiger partial charge in [-0.1, -0.05) is 19.4 Å². The van der Waals surface area contributed by atoms with Crippen LogP contribution in [0.1, 0.15) is 26.2 Å². The molecule has 1 heterocycles. The van der Waals surface area contributed by atoms with E-state index in [1.807, 2.05) is 25.2 Å². The van der Waals surface area contributed by atoms with E-state index in [1.54, 1.807) is 0 Å². The van der Waals surface area contributed by atoms with Crippen molar-refractivity contribution < 1.29 is 5.11 Å². The minimum atomic E-state index is 0.260. The molecule has 0 aliphatic rings. The van der Waals surface area contributed by atoms with Crippen molar-refractivity contribution in [3.05, 3.63) is 18.2 Å². The molecule has 1 unspecified atom stereocenters. The van der Waals surface area contributed by atoms with Crippen molar-refractivity contribution in [3.63, 3.8) is 0 Å². The third-order valence-electron chi connectivity index (χ3n) is 2.81. The summed E-state index contributed by atoms with van der Waals surface area (Å²) in [6.45, 7) is 3.30. The lowest BCUT2D eigenvalue weighted by Crippen LogP contribution is -2.16. The average Bonchev–Trinajstić information content (AvgIpc) is 2.37. The standard InChI is InChI=1S/C13H23N3O/c1-3-5-11(8-9-17)10-15-13-7-4-6-12(14-2)16-13/h4,6-7,11,17H,3,5,8-10H2,1-2H3,(H2,14,15,16). The van der Waals surface area contributed by atoms with Crippen molar-refractivity contribution in [2.24, 2.45) is 5.92 Å². The van der Waals surface area contributed by atoms with Crippen LogP contribution in [0.5, 0.6) is 0 Å². The Morgan fingerprint density at radius 2 is 2.06 bits per heavy atom. The lowest BCUT2D eigenvalue weighted by molar-refractivity contribution is 0.255. The lowest BCUT2D eigenvalue weighted by Gasteiger charge is -2.16. The smallest absolute Gasteiger partial charge is 0.128 e. The molecule has 1 aromatic rings. The Morgan fingerprint density at radius 3 is 2.71 bits per heavy atom. The van der Waals surface area contributed by atoms with Crippen LogP contribution >= 0.6 is 0 Å². The van der Waals surface area contributed by atoms with Crippen LogP contribution in [0.4, 0.5) is 11.6 Å². The highest BCUT2D eigenvalue weighted by molar-refractivity contribution is 5.44. The topological polar surface area (TPSA) is 57.2 Å². The van der Waals surface area contributed by atoms with Crippen LogP contribution in [0.15, 0.2) is 18.2 Å². The Kier molecular flexibility index (Phi) is 6.40. The highest BCUT2D eigenvalue weighted by atomic mass is 16.3. The van der Waals surface area contributed by atoms with E-state index in [1.165, 1.54) is 0 Å². The summed E-state index contributed by atoms with van der Waals surface area (Å²) >= 11 is 0. The summed E-state index contributed by atoms with van der Waals surface area (Å²) in [5.74, 6) is 2.27. The molecular formula is C13H23N3O. The zero-order valence-corrected chi connectivity index (χ0v) is 10.7. The molecular weight excluding hydrogens is 214 g/mol. The van der Waals surface area contributed by atoms with Gasteiger partial charge < -0.3 is 15.7 Å². The van der Waals surface area contributed by atoms with Crippen LogP contribution in [0.25, 0.3) is 0 Å². The number of nitrogens with zero attached hydrogens (tertiary/aromatic N) is 1. The predicted molar refractivity (Wildman–Crippen MR) is 72.4 cm³/mol. The Balaban J connectivity index is 2.46. The Morgan fingerprint density at radius 1 is 1.29 bits per heavy atom. The fourth-order valence-corrected chi connectivity index (χ4v) is 1.86. The molecule has 1 aromatic heterocycles. The molecule has 0 aliphatic heterocycles. The Labute approximate surface area is 103 Å². The molecule has 0 saturated carbocycles. The highest BCUT2D eigenvalue weighted by Gasteiger charge is 2.07. The second-order valence-electron chi connectivity index (χ2n) is 4.21. The van der Waals surface area contributed by atoms with Crippen LogP contribution in [-0.2, 0) is 0 Å². The average molecular weight is 237 g/mol. The molecule has 1 atom stereocenters. The summed E-state index contributed by atoms with van der Waals surface area (Å²) in [5.41, 5.74) is 0. The largest absolute Gasteiger partial charge is 0.396 e. The van der Waals surface area contributed by atoms with Gasteiger partial charge in [-0.05, 0) is 30.9 Å². The van der Waals surface area contributed by atoms with E-state index in [0.717, 1.165) is 37.4 Å². The number of pyridine rings is 1. The summed E-state index contributed by atoms with van der Waals surface area (Å²) in [7, 11) is 1.86. The van der Waals surface area contributed by atoms with E-state index in [2.05, 4.69) is 22.5 Å². The van der Waals surface area contributed by atoms with E-state index in [-0.39, 0.29) is 6.61 Å². The summed E-state index contributed by atoms with van der Waals surface area (Å²) < 4.78 is 0. The first-order valence-electron chi connectivity index (χ1n) is 6.29.